The Bertz CT molecular complexity index is 1670. The second kappa shape index (κ2) is 12.8. The number of rotatable bonds is 8. The van der Waals surface area contributed by atoms with Gasteiger partial charge in [-0.15, -0.1) is 22.7 Å². The number of aromatic nitrogens is 2. The number of fused-ring (bicyclic) bond motifs is 1. The number of para-hydroxylation sites is 1. The van der Waals surface area contributed by atoms with E-state index in [2.05, 4.69) is 19.6 Å². The average Bonchev–Trinajstić information content (AvgIpc) is 3.68. The third-order valence-corrected chi connectivity index (χ3v) is 10.6. The van der Waals surface area contributed by atoms with Gasteiger partial charge in [0.1, 0.15) is 9.22 Å². The summed E-state index contributed by atoms with van der Waals surface area (Å²) >= 11 is 2.84. The van der Waals surface area contributed by atoms with E-state index in [1.165, 1.54) is 11.3 Å². The summed E-state index contributed by atoms with van der Waals surface area (Å²) in [5.41, 5.74) is 8.34. The van der Waals surface area contributed by atoms with Gasteiger partial charge in [0.05, 0.1) is 16.9 Å². The number of nitrogens with zero attached hydrogens (tertiary/aromatic N) is 2. The van der Waals surface area contributed by atoms with Crippen LogP contribution in [0.5, 0.6) is 0 Å². The number of likely N-dealkylation sites (tertiary alicyclic amines) is 1. The van der Waals surface area contributed by atoms with E-state index in [0.717, 1.165) is 64.5 Å². The van der Waals surface area contributed by atoms with Gasteiger partial charge < -0.3 is 15.8 Å². The van der Waals surface area contributed by atoms with Crippen LogP contribution >= 0.6 is 22.7 Å². The van der Waals surface area contributed by atoms with E-state index in [-0.39, 0.29) is 11.8 Å². The first-order valence-electron chi connectivity index (χ1n) is 12.8. The van der Waals surface area contributed by atoms with Gasteiger partial charge >= 0.3 is 12.1 Å². The summed E-state index contributed by atoms with van der Waals surface area (Å²) in [6.45, 7) is 4.43. The number of alkyl halides is 3. The van der Waals surface area contributed by atoms with Crippen molar-refractivity contribution in [2.75, 3.05) is 17.8 Å². The molecule has 226 valence electrons. The van der Waals surface area contributed by atoms with Gasteiger partial charge in [-0.05, 0) is 61.5 Å². The van der Waals surface area contributed by atoms with Gasteiger partial charge in [0.25, 0.3) is 10.0 Å². The number of amides is 1. The molecule has 1 fully saturated rings. The number of thiophene rings is 1. The van der Waals surface area contributed by atoms with Crippen LogP contribution in [0.1, 0.15) is 30.2 Å². The van der Waals surface area contributed by atoms with Crippen molar-refractivity contribution in [2.24, 2.45) is 11.7 Å². The number of carboxylic acids is 1. The number of carboxylic acid groups (broad SMARTS) is 1. The summed E-state index contributed by atoms with van der Waals surface area (Å²) in [6, 6.07) is 9.41. The molecule has 0 aliphatic carbocycles. The molecular weight excluding hydrogens is 616 g/mol. The fourth-order valence-electron chi connectivity index (χ4n) is 4.47. The molecule has 1 aromatic carbocycles. The molecule has 3 aromatic heterocycles. The van der Waals surface area contributed by atoms with Crippen LogP contribution in [0.4, 0.5) is 18.9 Å². The van der Waals surface area contributed by atoms with Gasteiger partial charge in [0.2, 0.25) is 5.91 Å². The average molecular weight is 644 g/mol. The minimum Gasteiger partial charge on any atom is -0.475 e. The van der Waals surface area contributed by atoms with Crippen LogP contribution in [-0.4, -0.2) is 59.5 Å². The quantitative estimate of drug-likeness (QED) is 0.209. The molecule has 4 aromatic rings. The minimum absolute atomic E-state index is 0.0189. The van der Waals surface area contributed by atoms with E-state index in [1.807, 2.05) is 37.4 Å². The smallest absolute Gasteiger partial charge is 0.475 e. The van der Waals surface area contributed by atoms with Gasteiger partial charge in [-0.1, -0.05) is 19.1 Å². The molecule has 1 saturated heterocycles. The van der Waals surface area contributed by atoms with Crippen molar-refractivity contribution in [1.82, 2.24) is 14.9 Å². The summed E-state index contributed by atoms with van der Waals surface area (Å²) in [7, 11) is -3.68. The van der Waals surface area contributed by atoms with E-state index in [9.17, 15) is 26.4 Å². The Kier molecular flexibility index (Phi) is 9.60. The Labute approximate surface area is 247 Å². The molecule has 5 rings (SSSR count). The topological polar surface area (TPSA) is 158 Å². The third kappa shape index (κ3) is 7.48. The standard InChI is InChI=1S/C24H27N5O3S3.C2HF3O2/c1-2-15-8-11-33-24(15)35(31,32)28-19-5-3-4-17-12-20(27-21(17)19)23-26-13-18(34-23)14-29-9-6-16(7-10-29)22(25)30;3-2(4,5)1(6)7/h3-5,8,11-13,16,27-28H,2,6-7,9-10,14H2,1H3,(H2,25,30);(H,6,7). The highest BCUT2D eigenvalue weighted by Crippen LogP contribution is 2.33. The maximum absolute atomic E-state index is 13.1. The van der Waals surface area contributed by atoms with E-state index in [1.54, 1.807) is 22.8 Å². The predicted molar refractivity (Wildman–Crippen MR) is 155 cm³/mol. The van der Waals surface area contributed by atoms with E-state index in [0.29, 0.717) is 16.3 Å². The number of nitrogens with one attached hydrogen (secondary N) is 2. The molecule has 0 bridgehead atoms. The van der Waals surface area contributed by atoms with Crippen molar-refractivity contribution in [3.05, 3.63) is 52.3 Å². The number of benzene rings is 1. The number of aromatic amines is 1. The molecular formula is C26H28F3N5O5S3. The van der Waals surface area contributed by atoms with Crippen molar-refractivity contribution in [2.45, 2.75) is 43.1 Å². The number of nitrogens with two attached hydrogens (primary N) is 1. The second-order valence-corrected chi connectivity index (χ2v) is 13.4. The lowest BCUT2D eigenvalue weighted by Crippen LogP contribution is -2.37. The van der Waals surface area contributed by atoms with Crippen LogP contribution in [0.25, 0.3) is 21.6 Å². The van der Waals surface area contributed by atoms with Crippen LogP contribution in [0.3, 0.4) is 0 Å². The Morgan fingerprint density at radius 3 is 2.55 bits per heavy atom. The molecule has 0 atom stereocenters. The first-order chi connectivity index (χ1) is 19.8. The van der Waals surface area contributed by atoms with E-state index in [4.69, 9.17) is 15.6 Å². The summed E-state index contributed by atoms with van der Waals surface area (Å²) in [5, 5.41) is 10.7. The zero-order valence-electron chi connectivity index (χ0n) is 22.3. The number of H-pyrrole nitrogens is 1. The number of aryl methyl sites for hydroxylation is 1. The third-order valence-electron chi connectivity index (χ3n) is 6.63. The summed E-state index contributed by atoms with van der Waals surface area (Å²) in [4.78, 5) is 31.7. The fraction of sp³-hybridized carbons (Fsp3) is 0.346. The molecule has 0 radical (unpaired) electrons. The lowest BCUT2D eigenvalue weighted by molar-refractivity contribution is -0.192. The fourth-order valence-corrected chi connectivity index (χ4v) is 8.02. The Morgan fingerprint density at radius 2 is 1.93 bits per heavy atom. The number of thiazole rings is 1. The zero-order valence-corrected chi connectivity index (χ0v) is 24.7. The second-order valence-electron chi connectivity index (χ2n) is 9.53. The van der Waals surface area contributed by atoms with Crippen LogP contribution < -0.4 is 10.5 Å². The van der Waals surface area contributed by atoms with E-state index < -0.39 is 22.2 Å². The number of hydrogen-bond donors (Lipinski definition) is 4. The lowest BCUT2D eigenvalue weighted by atomic mass is 9.96. The molecule has 16 heteroatoms. The van der Waals surface area contributed by atoms with Crippen LogP contribution in [-0.2, 0) is 32.6 Å². The molecule has 1 aliphatic rings. The van der Waals surface area contributed by atoms with Crippen molar-refractivity contribution in [3.63, 3.8) is 0 Å². The van der Waals surface area contributed by atoms with Crippen LogP contribution in [0.15, 0.2) is 46.1 Å². The van der Waals surface area contributed by atoms with Crippen LogP contribution in [0.2, 0.25) is 0 Å². The number of piperidine rings is 1. The number of primary amides is 1. The van der Waals surface area contributed by atoms with Crippen molar-refractivity contribution < 1.29 is 36.3 Å². The highest BCUT2D eigenvalue weighted by molar-refractivity contribution is 7.94. The molecule has 4 heterocycles. The van der Waals surface area contributed by atoms with Crippen LogP contribution in [0, 0.1) is 5.92 Å². The summed E-state index contributed by atoms with van der Waals surface area (Å²) < 4.78 is 61.0. The molecule has 5 N–H and O–H groups in total. The van der Waals surface area contributed by atoms with Gasteiger partial charge in [0.15, 0.2) is 0 Å². The highest BCUT2D eigenvalue weighted by atomic mass is 32.2. The Hall–Kier alpha value is -3.47. The number of aliphatic carboxylic acids is 1. The first-order valence-corrected chi connectivity index (χ1v) is 15.9. The van der Waals surface area contributed by atoms with Gasteiger partial charge in [0, 0.05) is 28.9 Å². The van der Waals surface area contributed by atoms with E-state index >= 15 is 0 Å². The molecule has 1 aliphatic heterocycles. The minimum atomic E-state index is -5.08. The van der Waals surface area contributed by atoms with Crippen molar-refractivity contribution >= 4 is 61.2 Å². The summed E-state index contributed by atoms with van der Waals surface area (Å²) in [5.74, 6) is -2.98. The predicted octanol–water partition coefficient (Wildman–Crippen LogP) is 5.05. The highest BCUT2D eigenvalue weighted by Gasteiger charge is 2.38. The number of hydrogen-bond acceptors (Lipinski definition) is 8. The lowest BCUT2D eigenvalue weighted by Gasteiger charge is -2.29. The monoisotopic (exact) mass is 643 g/mol. The molecule has 10 nitrogen and oxygen atoms in total. The summed E-state index contributed by atoms with van der Waals surface area (Å²) in [6.07, 6.45) is -0.940. The molecule has 42 heavy (non-hydrogen) atoms. The van der Waals surface area contributed by atoms with Gasteiger partial charge in [-0.25, -0.2) is 18.2 Å². The zero-order chi connectivity index (χ0) is 30.7. The number of carbonyl (C=O) groups excluding carboxylic acids is 1. The number of sulfonamides is 1. The van der Waals surface area contributed by atoms with Gasteiger partial charge in [-0.2, -0.15) is 13.2 Å². The maximum Gasteiger partial charge on any atom is 0.490 e. The van der Waals surface area contributed by atoms with Gasteiger partial charge in [-0.3, -0.25) is 14.4 Å². The molecule has 0 saturated carbocycles. The molecule has 1 amide bonds. The largest absolute Gasteiger partial charge is 0.490 e. The SMILES string of the molecule is CCc1ccsc1S(=O)(=O)Nc1cccc2cc(-c3ncc(CN4CCC(C(N)=O)CC4)s3)[nH]c12.O=C(O)C(F)(F)F. The Balaban J connectivity index is 0.000000517. The maximum atomic E-state index is 13.1. The first kappa shape index (κ1) is 31.5. The molecule has 0 unspecified atom stereocenters. The Morgan fingerprint density at radius 1 is 1.24 bits per heavy atom. The number of halogens is 3. The normalized spacial score (nSPS) is 14.9. The van der Waals surface area contributed by atoms with Crippen molar-refractivity contribution in [3.8, 4) is 10.7 Å². The molecule has 0 spiro atoms. The number of anilines is 1. The number of carbonyl (C=O) groups is 2. The van der Waals surface area contributed by atoms with Crippen molar-refractivity contribution in [1.29, 1.82) is 0 Å².